The molecule has 19 heavy (non-hydrogen) atoms. The van der Waals surface area contributed by atoms with Crippen LogP contribution in [0.2, 0.25) is 0 Å². The highest BCUT2D eigenvalue weighted by Crippen LogP contribution is 2.12. The molecule has 1 fully saturated rings. The van der Waals surface area contributed by atoms with Gasteiger partial charge in [0.1, 0.15) is 0 Å². The van der Waals surface area contributed by atoms with E-state index in [-0.39, 0.29) is 18.2 Å². The Labute approximate surface area is 115 Å². The Morgan fingerprint density at radius 2 is 1.63 bits per heavy atom. The van der Waals surface area contributed by atoms with Crippen LogP contribution in [0.25, 0.3) is 0 Å². The van der Waals surface area contributed by atoms with Crippen molar-refractivity contribution in [2.24, 2.45) is 11.8 Å². The number of aliphatic carboxylic acids is 1. The number of carbonyl (C=O) groups is 2. The average molecular weight is 270 g/mol. The van der Waals surface area contributed by atoms with Crippen LogP contribution in [0.3, 0.4) is 0 Å². The number of carboxylic acids is 1. The van der Waals surface area contributed by atoms with Gasteiger partial charge in [0.15, 0.2) is 0 Å². The molecule has 1 amide bonds. The number of carboxylic acid groups (broad SMARTS) is 1. The molecule has 1 unspecified atom stereocenters. The van der Waals surface area contributed by atoms with Crippen LogP contribution < -0.4 is 0 Å². The first kappa shape index (κ1) is 16.0. The van der Waals surface area contributed by atoms with E-state index in [2.05, 4.69) is 18.7 Å². The van der Waals surface area contributed by atoms with Crippen molar-refractivity contribution in [2.45, 2.75) is 33.6 Å². The van der Waals surface area contributed by atoms with Gasteiger partial charge in [-0.15, -0.1) is 0 Å². The maximum atomic E-state index is 12.0. The zero-order chi connectivity index (χ0) is 14.4. The van der Waals surface area contributed by atoms with E-state index in [4.69, 9.17) is 5.11 Å². The third kappa shape index (κ3) is 6.05. The zero-order valence-corrected chi connectivity index (χ0v) is 12.3. The first-order chi connectivity index (χ1) is 8.88. The summed E-state index contributed by atoms with van der Waals surface area (Å²) in [5.41, 5.74) is 0. The molecule has 0 aromatic rings. The van der Waals surface area contributed by atoms with Gasteiger partial charge in [0, 0.05) is 45.6 Å². The number of carbonyl (C=O) groups excluding carboxylic acids is 1. The number of hydrogen-bond acceptors (Lipinski definition) is 3. The van der Waals surface area contributed by atoms with E-state index >= 15 is 0 Å². The fraction of sp³-hybridized carbons (Fsp3) is 0.857. The van der Waals surface area contributed by atoms with Crippen molar-refractivity contribution in [3.05, 3.63) is 0 Å². The minimum absolute atomic E-state index is 0.0685. The molecule has 0 aliphatic carbocycles. The normalized spacial score (nSPS) is 18.6. The molecule has 1 saturated heterocycles. The fourth-order valence-electron chi connectivity index (χ4n) is 2.49. The van der Waals surface area contributed by atoms with Crippen molar-refractivity contribution in [3.8, 4) is 0 Å². The first-order valence-electron chi connectivity index (χ1n) is 7.10. The molecule has 0 radical (unpaired) electrons. The quantitative estimate of drug-likeness (QED) is 0.790. The number of amides is 1. The van der Waals surface area contributed by atoms with Crippen LogP contribution in [-0.2, 0) is 9.59 Å². The highest BCUT2D eigenvalue weighted by Gasteiger charge is 2.23. The van der Waals surface area contributed by atoms with Crippen molar-refractivity contribution < 1.29 is 14.7 Å². The van der Waals surface area contributed by atoms with Crippen LogP contribution in [0.5, 0.6) is 0 Å². The molecule has 0 saturated carbocycles. The molecule has 0 aromatic carbocycles. The molecule has 5 nitrogen and oxygen atoms in total. The van der Waals surface area contributed by atoms with Crippen molar-refractivity contribution in [2.75, 3.05) is 32.7 Å². The van der Waals surface area contributed by atoms with Gasteiger partial charge in [-0.3, -0.25) is 14.5 Å². The molecule has 1 aliphatic heterocycles. The van der Waals surface area contributed by atoms with Gasteiger partial charge in [-0.1, -0.05) is 20.8 Å². The summed E-state index contributed by atoms with van der Waals surface area (Å²) in [6, 6.07) is 0. The minimum atomic E-state index is -0.831. The Morgan fingerprint density at radius 3 is 2.11 bits per heavy atom. The monoisotopic (exact) mass is 270 g/mol. The number of rotatable bonds is 6. The summed E-state index contributed by atoms with van der Waals surface area (Å²) in [5.74, 6) is -0.170. The second-order valence-electron chi connectivity index (χ2n) is 5.98. The van der Waals surface area contributed by atoms with Crippen molar-refractivity contribution in [3.63, 3.8) is 0 Å². The summed E-state index contributed by atoms with van der Waals surface area (Å²) in [6.45, 7) is 10.7. The lowest BCUT2D eigenvalue weighted by atomic mass is 10.0. The first-order valence-corrected chi connectivity index (χ1v) is 7.10. The summed E-state index contributed by atoms with van der Waals surface area (Å²) >= 11 is 0. The van der Waals surface area contributed by atoms with Crippen LogP contribution in [0.1, 0.15) is 33.6 Å². The predicted octanol–water partition coefficient (Wildman–Crippen LogP) is 1.29. The van der Waals surface area contributed by atoms with Gasteiger partial charge in [-0.2, -0.15) is 0 Å². The zero-order valence-electron chi connectivity index (χ0n) is 12.3. The topological polar surface area (TPSA) is 60.9 Å². The molecular formula is C14H26N2O3. The van der Waals surface area contributed by atoms with Crippen LogP contribution in [-0.4, -0.2) is 59.5 Å². The molecule has 1 aliphatic rings. The summed E-state index contributed by atoms with van der Waals surface area (Å²) in [7, 11) is 0. The third-order valence-electron chi connectivity index (χ3n) is 3.39. The van der Waals surface area contributed by atoms with E-state index in [0.717, 1.165) is 32.7 Å². The van der Waals surface area contributed by atoms with Crippen LogP contribution in [0.15, 0.2) is 0 Å². The highest BCUT2D eigenvalue weighted by molar-refractivity contribution is 5.77. The van der Waals surface area contributed by atoms with Crippen molar-refractivity contribution >= 4 is 11.9 Å². The summed E-state index contributed by atoms with van der Waals surface area (Å²) in [5, 5.41) is 8.69. The number of nitrogens with zero attached hydrogens (tertiary/aromatic N) is 2. The Kier molecular flexibility index (Phi) is 6.28. The molecule has 0 aromatic heterocycles. The van der Waals surface area contributed by atoms with Gasteiger partial charge in [-0.05, 0) is 11.8 Å². The lowest BCUT2D eigenvalue weighted by molar-refractivity contribution is -0.139. The molecule has 1 atom stereocenters. The van der Waals surface area contributed by atoms with E-state index in [1.165, 1.54) is 0 Å². The van der Waals surface area contributed by atoms with E-state index in [0.29, 0.717) is 12.3 Å². The van der Waals surface area contributed by atoms with Crippen molar-refractivity contribution in [1.29, 1.82) is 0 Å². The lowest BCUT2D eigenvalue weighted by Crippen LogP contribution is -2.49. The van der Waals surface area contributed by atoms with E-state index in [1.807, 2.05) is 11.8 Å². The van der Waals surface area contributed by atoms with E-state index in [9.17, 15) is 9.59 Å². The maximum absolute atomic E-state index is 12.0. The van der Waals surface area contributed by atoms with Gasteiger partial charge in [0.25, 0.3) is 0 Å². The van der Waals surface area contributed by atoms with Gasteiger partial charge in [0.05, 0.1) is 0 Å². The number of piperazine rings is 1. The molecular weight excluding hydrogens is 244 g/mol. The average Bonchev–Trinajstić information content (AvgIpc) is 2.27. The predicted molar refractivity (Wildman–Crippen MR) is 73.9 cm³/mol. The fourth-order valence-corrected chi connectivity index (χ4v) is 2.49. The van der Waals surface area contributed by atoms with E-state index < -0.39 is 5.97 Å². The second-order valence-corrected chi connectivity index (χ2v) is 5.98. The molecule has 0 spiro atoms. The summed E-state index contributed by atoms with van der Waals surface area (Å²) < 4.78 is 0. The molecule has 110 valence electrons. The maximum Gasteiger partial charge on any atom is 0.303 e. The molecule has 1 heterocycles. The van der Waals surface area contributed by atoms with Crippen LogP contribution >= 0.6 is 0 Å². The second kappa shape index (κ2) is 7.48. The van der Waals surface area contributed by atoms with Crippen molar-refractivity contribution in [1.82, 2.24) is 9.80 Å². The van der Waals surface area contributed by atoms with Gasteiger partial charge < -0.3 is 10.0 Å². The molecule has 1 rings (SSSR count). The lowest BCUT2D eigenvalue weighted by Gasteiger charge is -2.36. The van der Waals surface area contributed by atoms with Crippen LogP contribution in [0, 0.1) is 11.8 Å². The molecule has 0 bridgehead atoms. The highest BCUT2D eigenvalue weighted by atomic mass is 16.4. The largest absolute Gasteiger partial charge is 0.481 e. The Hall–Kier alpha value is -1.10. The standard InChI is InChI=1S/C14H26N2O3/c1-11(2)10-15-4-6-16(7-5-15)13(17)8-12(3)9-14(18)19/h11-12H,4-10H2,1-3H3,(H,18,19). The van der Waals surface area contributed by atoms with Gasteiger partial charge in [-0.25, -0.2) is 0 Å². The van der Waals surface area contributed by atoms with E-state index in [1.54, 1.807) is 0 Å². The Morgan fingerprint density at radius 1 is 1.05 bits per heavy atom. The summed E-state index contributed by atoms with van der Waals surface area (Å²) in [4.78, 5) is 26.9. The SMILES string of the molecule is CC(C)CN1CCN(C(=O)CC(C)CC(=O)O)CC1. The number of hydrogen-bond donors (Lipinski definition) is 1. The Bertz CT molecular complexity index is 310. The smallest absolute Gasteiger partial charge is 0.303 e. The minimum Gasteiger partial charge on any atom is -0.481 e. The van der Waals surface area contributed by atoms with Gasteiger partial charge >= 0.3 is 5.97 Å². The van der Waals surface area contributed by atoms with Gasteiger partial charge in [0.2, 0.25) is 5.91 Å². The molecule has 5 heteroatoms. The Balaban J connectivity index is 2.30. The van der Waals surface area contributed by atoms with Crippen LogP contribution in [0.4, 0.5) is 0 Å². The molecule has 1 N–H and O–H groups in total. The summed E-state index contributed by atoms with van der Waals surface area (Å²) in [6.07, 6.45) is 0.412. The third-order valence-corrected chi connectivity index (χ3v) is 3.39.